The van der Waals surface area contributed by atoms with Crippen LogP contribution in [-0.2, 0) is 9.47 Å². The van der Waals surface area contributed by atoms with Crippen molar-refractivity contribution in [2.75, 3.05) is 26.4 Å². The van der Waals surface area contributed by atoms with Crippen LogP contribution in [0.25, 0.3) is 0 Å². The maximum atomic E-state index is 5.90. The van der Waals surface area contributed by atoms with Crippen LogP contribution < -0.4 is 5.32 Å². The Morgan fingerprint density at radius 1 is 1.44 bits per heavy atom. The number of hydrogen-bond donors (Lipinski definition) is 1. The van der Waals surface area contributed by atoms with Gasteiger partial charge in [-0.05, 0) is 25.3 Å². The predicted molar refractivity (Wildman–Crippen MR) is 66.7 cm³/mol. The van der Waals surface area contributed by atoms with Crippen molar-refractivity contribution in [3.63, 3.8) is 0 Å². The summed E-state index contributed by atoms with van der Waals surface area (Å²) < 4.78 is 11.2. The van der Waals surface area contributed by atoms with Crippen molar-refractivity contribution in [3.8, 4) is 0 Å². The zero-order valence-electron chi connectivity index (χ0n) is 11.0. The maximum Gasteiger partial charge on any atom is 0.0831 e. The summed E-state index contributed by atoms with van der Waals surface area (Å²) in [5.41, 5.74) is 0. The molecule has 0 aromatic rings. The zero-order valence-corrected chi connectivity index (χ0v) is 11.0. The summed E-state index contributed by atoms with van der Waals surface area (Å²) in [6, 6.07) is 0.491. The summed E-state index contributed by atoms with van der Waals surface area (Å²) in [5, 5.41) is 3.58. The van der Waals surface area contributed by atoms with Gasteiger partial charge in [0.2, 0.25) is 0 Å². The van der Waals surface area contributed by atoms with Gasteiger partial charge in [-0.15, -0.1) is 0 Å². The van der Waals surface area contributed by atoms with E-state index in [0.29, 0.717) is 18.1 Å². The first kappa shape index (κ1) is 13.9. The van der Waals surface area contributed by atoms with E-state index in [4.69, 9.17) is 9.47 Å². The van der Waals surface area contributed by atoms with Crippen molar-refractivity contribution in [1.29, 1.82) is 0 Å². The van der Waals surface area contributed by atoms with E-state index in [9.17, 15) is 0 Å². The lowest BCUT2D eigenvalue weighted by Gasteiger charge is -2.25. The molecule has 1 rings (SSSR count). The Balaban J connectivity index is 2.24. The van der Waals surface area contributed by atoms with Crippen molar-refractivity contribution < 1.29 is 9.47 Å². The van der Waals surface area contributed by atoms with Gasteiger partial charge in [-0.2, -0.15) is 0 Å². The minimum absolute atomic E-state index is 0.329. The fourth-order valence-electron chi connectivity index (χ4n) is 1.92. The molecule has 3 atom stereocenters. The van der Waals surface area contributed by atoms with Gasteiger partial charge in [-0.3, -0.25) is 0 Å². The normalized spacial score (nSPS) is 24.6. The second-order valence-electron chi connectivity index (χ2n) is 4.77. The average molecular weight is 229 g/mol. The van der Waals surface area contributed by atoms with Gasteiger partial charge in [0.05, 0.1) is 19.3 Å². The van der Waals surface area contributed by atoms with Crippen LogP contribution in [0.1, 0.15) is 40.0 Å². The Hall–Kier alpha value is -0.120. The quantitative estimate of drug-likeness (QED) is 0.692. The molecule has 96 valence electrons. The van der Waals surface area contributed by atoms with Gasteiger partial charge in [-0.25, -0.2) is 0 Å². The average Bonchev–Trinajstić information content (AvgIpc) is 2.81. The first-order valence-electron chi connectivity index (χ1n) is 6.70. The smallest absolute Gasteiger partial charge is 0.0831 e. The largest absolute Gasteiger partial charge is 0.379 e. The molecule has 0 aliphatic carbocycles. The van der Waals surface area contributed by atoms with E-state index >= 15 is 0 Å². The summed E-state index contributed by atoms with van der Waals surface area (Å²) in [4.78, 5) is 0. The Bertz CT molecular complexity index is 169. The highest BCUT2D eigenvalue weighted by Gasteiger charge is 2.20. The van der Waals surface area contributed by atoms with Crippen LogP contribution in [-0.4, -0.2) is 38.5 Å². The third-order valence-corrected chi connectivity index (χ3v) is 3.39. The fourth-order valence-corrected chi connectivity index (χ4v) is 1.92. The highest BCUT2D eigenvalue weighted by atomic mass is 16.5. The van der Waals surface area contributed by atoms with Crippen LogP contribution in [0.5, 0.6) is 0 Å². The van der Waals surface area contributed by atoms with Gasteiger partial charge in [0.25, 0.3) is 0 Å². The summed E-state index contributed by atoms with van der Waals surface area (Å²) >= 11 is 0. The number of nitrogens with one attached hydrogen (secondary N) is 1. The minimum atomic E-state index is 0.329. The molecule has 0 aromatic heterocycles. The van der Waals surface area contributed by atoms with Crippen LogP contribution in [0.2, 0.25) is 0 Å². The highest BCUT2D eigenvalue weighted by Crippen LogP contribution is 2.12. The predicted octanol–water partition coefficient (Wildman–Crippen LogP) is 2.21. The number of rotatable bonds is 8. The highest BCUT2D eigenvalue weighted by molar-refractivity contribution is 4.73. The maximum absolute atomic E-state index is 5.90. The second kappa shape index (κ2) is 8.04. The van der Waals surface area contributed by atoms with E-state index in [2.05, 4.69) is 26.1 Å². The lowest BCUT2D eigenvalue weighted by Crippen LogP contribution is -2.40. The van der Waals surface area contributed by atoms with E-state index in [1.54, 1.807) is 0 Å². The Morgan fingerprint density at radius 3 is 2.81 bits per heavy atom. The SMILES string of the molecule is CCCNC(COC1CCOC1)C(C)CC. The first-order chi connectivity index (χ1) is 7.77. The van der Waals surface area contributed by atoms with E-state index in [-0.39, 0.29) is 0 Å². The Kier molecular flexibility index (Phi) is 7.01. The van der Waals surface area contributed by atoms with E-state index in [1.165, 1.54) is 12.8 Å². The molecule has 3 unspecified atom stereocenters. The third kappa shape index (κ3) is 4.81. The van der Waals surface area contributed by atoms with Crippen LogP contribution >= 0.6 is 0 Å². The summed E-state index contributed by atoms with van der Waals surface area (Å²) in [6.45, 7) is 10.3. The van der Waals surface area contributed by atoms with E-state index in [0.717, 1.165) is 32.8 Å². The van der Waals surface area contributed by atoms with Crippen molar-refractivity contribution in [2.45, 2.75) is 52.2 Å². The van der Waals surface area contributed by atoms with Gasteiger partial charge in [0, 0.05) is 12.6 Å². The summed E-state index contributed by atoms with van der Waals surface area (Å²) in [7, 11) is 0. The summed E-state index contributed by atoms with van der Waals surface area (Å²) in [5.74, 6) is 0.675. The molecular formula is C13H27NO2. The molecule has 1 aliphatic heterocycles. The Labute approximate surface area is 99.9 Å². The zero-order chi connectivity index (χ0) is 11.8. The first-order valence-corrected chi connectivity index (χ1v) is 6.70. The number of hydrogen-bond acceptors (Lipinski definition) is 3. The summed E-state index contributed by atoms with van der Waals surface area (Å²) in [6.07, 6.45) is 3.77. The molecule has 1 N–H and O–H groups in total. The van der Waals surface area contributed by atoms with Crippen molar-refractivity contribution in [3.05, 3.63) is 0 Å². The topological polar surface area (TPSA) is 30.5 Å². The van der Waals surface area contributed by atoms with Crippen LogP contribution in [0, 0.1) is 5.92 Å². The molecule has 1 fully saturated rings. The lowest BCUT2D eigenvalue weighted by molar-refractivity contribution is 0.0216. The third-order valence-electron chi connectivity index (χ3n) is 3.39. The van der Waals surface area contributed by atoms with Gasteiger partial charge in [0.15, 0.2) is 0 Å². The molecule has 0 bridgehead atoms. The molecule has 1 heterocycles. The molecule has 3 heteroatoms. The van der Waals surface area contributed by atoms with Crippen molar-refractivity contribution >= 4 is 0 Å². The van der Waals surface area contributed by atoms with Gasteiger partial charge < -0.3 is 14.8 Å². The molecule has 0 radical (unpaired) electrons. The lowest BCUT2D eigenvalue weighted by atomic mass is 10.00. The molecular weight excluding hydrogens is 202 g/mol. The van der Waals surface area contributed by atoms with E-state index < -0.39 is 0 Å². The monoisotopic (exact) mass is 229 g/mol. The molecule has 16 heavy (non-hydrogen) atoms. The van der Waals surface area contributed by atoms with Gasteiger partial charge >= 0.3 is 0 Å². The standard InChI is InChI=1S/C13H27NO2/c1-4-7-14-13(11(3)5-2)10-16-12-6-8-15-9-12/h11-14H,4-10H2,1-3H3. The van der Waals surface area contributed by atoms with E-state index in [1.807, 2.05) is 0 Å². The molecule has 0 spiro atoms. The van der Waals surface area contributed by atoms with Crippen LogP contribution in [0.3, 0.4) is 0 Å². The van der Waals surface area contributed by atoms with Crippen molar-refractivity contribution in [1.82, 2.24) is 5.32 Å². The van der Waals surface area contributed by atoms with Crippen LogP contribution in [0.15, 0.2) is 0 Å². The minimum Gasteiger partial charge on any atom is -0.379 e. The molecule has 3 nitrogen and oxygen atoms in total. The van der Waals surface area contributed by atoms with Crippen molar-refractivity contribution in [2.24, 2.45) is 5.92 Å². The van der Waals surface area contributed by atoms with Crippen LogP contribution in [0.4, 0.5) is 0 Å². The molecule has 1 saturated heterocycles. The molecule has 0 amide bonds. The Morgan fingerprint density at radius 2 is 2.25 bits per heavy atom. The van der Waals surface area contributed by atoms with Gasteiger partial charge in [-0.1, -0.05) is 27.2 Å². The fraction of sp³-hybridized carbons (Fsp3) is 1.00. The molecule has 0 aromatic carbocycles. The molecule has 0 saturated carbocycles. The van der Waals surface area contributed by atoms with Gasteiger partial charge in [0.1, 0.15) is 0 Å². The number of ether oxygens (including phenoxy) is 2. The molecule has 1 aliphatic rings. The second-order valence-corrected chi connectivity index (χ2v) is 4.77.